The lowest BCUT2D eigenvalue weighted by molar-refractivity contribution is 0.471. The Bertz CT molecular complexity index is 34.5. The van der Waals surface area contributed by atoms with E-state index in [1.807, 2.05) is 6.92 Å². The molecule has 0 atom stereocenters. The molecule has 0 aliphatic carbocycles. The van der Waals surface area contributed by atoms with E-state index in [2.05, 4.69) is 0 Å². The molecule has 0 unspecified atom stereocenters. The first-order valence-electron chi connectivity index (χ1n) is 1.71. The fourth-order valence-electron chi connectivity index (χ4n) is 0.105. The molecule has 6 heavy (non-hydrogen) atoms. The van der Waals surface area contributed by atoms with Gasteiger partial charge in [-0.2, -0.15) is 0 Å². The summed E-state index contributed by atoms with van der Waals surface area (Å²) in [6.45, 7) is 1.96. The Kier molecular flexibility index (Phi) is 13.3. The van der Waals surface area contributed by atoms with Crippen molar-refractivity contribution >= 4 is 0 Å². The van der Waals surface area contributed by atoms with E-state index >= 15 is 0 Å². The Morgan fingerprint density at radius 1 is 1.67 bits per heavy atom. The Balaban J connectivity index is 0. The Morgan fingerprint density at radius 2 is 2.17 bits per heavy atom. The molecule has 0 rings (SSSR count). The average Bonchev–Trinajstić information content (AvgIpc) is 1.41. The molecule has 0 aliphatic heterocycles. The van der Waals surface area contributed by atoms with Gasteiger partial charge in [0.15, 0.2) is 0 Å². The van der Waals surface area contributed by atoms with Gasteiger partial charge in [0.05, 0.1) is 6.26 Å². The predicted molar refractivity (Wildman–Crippen MR) is 24.6 cm³/mol. The molecule has 0 aromatic rings. The Labute approximate surface area is 36.7 Å². The zero-order valence-electron chi connectivity index (χ0n) is 3.72. The highest BCUT2D eigenvalue weighted by atomic mass is 19.0. The van der Waals surface area contributed by atoms with E-state index in [0.29, 0.717) is 0 Å². The van der Waals surface area contributed by atoms with Gasteiger partial charge in [0, 0.05) is 0 Å². The maximum atomic E-state index is 7.89. The SMILES string of the molecule is CCC=CO.F. The van der Waals surface area contributed by atoms with Crippen LogP contribution in [0.15, 0.2) is 12.3 Å². The summed E-state index contributed by atoms with van der Waals surface area (Å²) in [7, 11) is 0. The maximum absolute atomic E-state index is 7.89. The summed E-state index contributed by atoms with van der Waals surface area (Å²) in [5, 5.41) is 7.89. The predicted octanol–water partition coefficient (Wildman–Crippen LogP) is 1.62. The van der Waals surface area contributed by atoms with Gasteiger partial charge in [-0.05, 0) is 6.42 Å². The van der Waals surface area contributed by atoms with Gasteiger partial charge in [-0.3, -0.25) is 4.70 Å². The molecule has 0 heterocycles. The van der Waals surface area contributed by atoms with E-state index in [1.54, 1.807) is 6.08 Å². The third kappa shape index (κ3) is 9.80. The van der Waals surface area contributed by atoms with Gasteiger partial charge < -0.3 is 5.11 Å². The lowest BCUT2D eigenvalue weighted by Crippen LogP contribution is -1.48. The summed E-state index contributed by atoms with van der Waals surface area (Å²) in [6, 6.07) is 0. The summed E-state index contributed by atoms with van der Waals surface area (Å²) in [5.41, 5.74) is 0. The van der Waals surface area contributed by atoms with Crippen molar-refractivity contribution < 1.29 is 9.81 Å². The summed E-state index contributed by atoms with van der Waals surface area (Å²) in [5.74, 6) is 0. The van der Waals surface area contributed by atoms with Crippen molar-refractivity contribution in [3.63, 3.8) is 0 Å². The smallest absolute Gasteiger partial charge is 0.0751 e. The second-order valence-electron chi connectivity index (χ2n) is 0.793. The van der Waals surface area contributed by atoms with Crippen LogP contribution in [0.1, 0.15) is 13.3 Å². The topological polar surface area (TPSA) is 20.2 Å². The summed E-state index contributed by atoms with van der Waals surface area (Å²) in [6.07, 6.45) is 3.65. The molecular formula is C4H9FO. The summed E-state index contributed by atoms with van der Waals surface area (Å²) in [4.78, 5) is 0. The van der Waals surface area contributed by atoms with Crippen molar-refractivity contribution in [3.05, 3.63) is 12.3 Å². The summed E-state index contributed by atoms with van der Waals surface area (Å²) < 4.78 is 0. The van der Waals surface area contributed by atoms with Gasteiger partial charge in [0.2, 0.25) is 0 Å². The molecule has 1 nitrogen and oxygen atoms in total. The molecule has 1 N–H and O–H groups in total. The molecule has 0 saturated heterocycles. The van der Waals surface area contributed by atoms with Gasteiger partial charge in [-0.15, -0.1) is 0 Å². The quantitative estimate of drug-likeness (QED) is 0.487. The van der Waals surface area contributed by atoms with Crippen LogP contribution in [-0.2, 0) is 0 Å². The molecule has 0 spiro atoms. The van der Waals surface area contributed by atoms with Crippen molar-refractivity contribution in [1.29, 1.82) is 0 Å². The molecule has 0 amide bonds. The van der Waals surface area contributed by atoms with Crippen LogP contribution >= 0.6 is 0 Å². The van der Waals surface area contributed by atoms with Gasteiger partial charge in [-0.1, -0.05) is 13.0 Å². The van der Waals surface area contributed by atoms with E-state index in [1.165, 1.54) is 0 Å². The van der Waals surface area contributed by atoms with Crippen molar-refractivity contribution in [2.75, 3.05) is 0 Å². The van der Waals surface area contributed by atoms with Crippen LogP contribution in [0.4, 0.5) is 4.70 Å². The molecule has 0 fully saturated rings. The van der Waals surface area contributed by atoms with E-state index in [4.69, 9.17) is 5.11 Å². The zero-order valence-corrected chi connectivity index (χ0v) is 3.72. The van der Waals surface area contributed by atoms with Crippen molar-refractivity contribution in [2.24, 2.45) is 0 Å². The minimum absolute atomic E-state index is 0. The van der Waals surface area contributed by atoms with Crippen LogP contribution in [-0.4, -0.2) is 5.11 Å². The molecule has 0 aromatic carbocycles. The monoisotopic (exact) mass is 92.1 g/mol. The van der Waals surface area contributed by atoms with Crippen LogP contribution in [0.25, 0.3) is 0 Å². The van der Waals surface area contributed by atoms with Crippen LogP contribution in [0, 0.1) is 0 Å². The molecule has 0 bridgehead atoms. The molecule has 0 aromatic heterocycles. The van der Waals surface area contributed by atoms with E-state index in [0.717, 1.165) is 12.7 Å². The summed E-state index contributed by atoms with van der Waals surface area (Å²) >= 11 is 0. The number of hydrogen-bond donors (Lipinski definition) is 1. The molecule has 0 aliphatic rings. The van der Waals surface area contributed by atoms with E-state index in [9.17, 15) is 0 Å². The van der Waals surface area contributed by atoms with E-state index in [-0.39, 0.29) is 4.70 Å². The van der Waals surface area contributed by atoms with Crippen LogP contribution in [0.5, 0.6) is 0 Å². The van der Waals surface area contributed by atoms with Gasteiger partial charge in [-0.25, -0.2) is 0 Å². The molecule has 0 radical (unpaired) electrons. The van der Waals surface area contributed by atoms with Crippen LogP contribution in [0.2, 0.25) is 0 Å². The lowest BCUT2D eigenvalue weighted by Gasteiger charge is -1.65. The number of rotatable bonds is 1. The van der Waals surface area contributed by atoms with Gasteiger partial charge in [0.25, 0.3) is 0 Å². The van der Waals surface area contributed by atoms with Crippen molar-refractivity contribution in [3.8, 4) is 0 Å². The third-order valence-electron chi connectivity index (χ3n) is 0.341. The largest absolute Gasteiger partial charge is 0.516 e. The normalized spacial score (nSPS) is 8.17. The first-order chi connectivity index (χ1) is 2.41. The van der Waals surface area contributed by atoms with Crippen LogP contribution < -0.4 is 0 Å². The fraction of sp³-hybridized carbons (Fsp3) is 0.500. The minimum Gasteiger partial charge on any atom is -0.516 e. The second-order valence-corrected chi connectivity index (χ2v) is 0.793. The number of allylic oxidation sites excluding steroid dienone is 1. The number of hydrogen-bond acceptors (Lipinski definition) is 1. The Morgan fingerprint density at radius 3 is 2.17 bits per heavy atom. The van der Waals surface area contributed by atoms with Crippen molar-refractivity contribution in [1.82, 2.24) is 0 Å². The average molecular weight is 92.1 g/mol. The lowest BCUT2D eigenvalue weighted by atomic mass is 10.5. The first kappa shape index (κ1) is 9.08. The van der Waals surface area contributed by atoms with Crippen LogP contribution in [0.3, 0.4) is 0 Å². The number of aliphatic hydroxyl groups excluding tert-OH is 1. The number of aliphatic hydroxyl groups is 1. The number of halogens is 1. The zero-order chi connectivity index (χ0) is 4.12. The highest BCUT2D eigenvalue weighted by molar-refractivity contribution is 4.66. The van der Waals surface area contributed by atoms with Crippen molar-refractivity contribution in [2.45, 2.75) is 13.3 Å². The van der Waals surface area contributed by atoms with Gasteiger partial charge >= 0.3 is 0 Å². The molecule has 38 valence electrons. The van der Waals surface area contributed by atoms with E-state index < -0.39 is 0 Å². The minimum atomic E-state index is 0. The molecular weight excluding hydrogens is 83.0 g/mol. The standard InChI is InChI=1S/C4H8O.FH/c1-2-3-4-5;/h3-5H,2H2,1H3;1H. The Hall–Kier alpha value is -0.530. The highest BCUT2D eigenvalue weighted by Crippen LogP contribution is 1.71. The second kappa shape index (κ2) is 8.82. The molecule has 2 heteroatoms. The fourth-order valence-corrected chi connectivity index (χ4v) is 0.105. The highest BCUT2D eigenvalue weighted by Gasteiger charge is 1.53. The molecule has 0 saturated carbocycles. The first-order valence-corrected chi connectivity index (χ1v) is 1.71. The maximum Gasteiger partial charge on any atom is 0.0751 e. The van der Waals surface area contributed by atoms with Gasteiger partial charge in [0.1, 0.15) is 0 Å². The third-order valence-corrected chi connectivity index (χ3v) is 0.341.